The van der Waals surface area contributed by atoms with Crippen molar-refractivity contribution in [1.82, 2.24) is 24.7 Å². The molecule has 2 aromatic heterocycles. The average Bonchev–Trinajstić information content (AvgIpc) is 2.00. The van der Waals surface area contributed by atoms with Gasteiger partial charge in [-0.3, -0.25) is 10.6 Å². The molecular formula is C62H70N10O8S6. The first-order valence-electron chi connectivity index (χ1n) is 26.9. The van der Waals surface area contributed by atoms with Crippen molar-refractivity contribution in [3.63, 3.8) is 0 Å². The lowest BCUT2D eigenvalue weighted by Crippen LogP contribution is -2.40. The highest BCUT2D eigenvalue weighted by atomic mass is 32.2. The lowest BCUT2D eigenvalue weighted by atomic mass is 10.1. The molecule has 24 heteroatoms. The zero-order valence-corrected chi connectivity index (χ0v) is 54.1. The van der Waals surface area contributed by atoms with Gasteiger partial charge in [0.25, 0.3) is 0 Å². The normalized spacial score (nSPS) is 11.4. The zero-order chi connectivity index (χ0) is 62.8. The summed E-state index contributed by atoms with van der Waals surface area (Å²) in [6.07, 6.45) is 1.92. The molecule has 0 fully saturated rings. The number of aliphatic imine (C=N–C) groups is 1. The molecule has 452 valence electrons. The number of amides is 2. The van der Waals surface area contributed by atoms with Crippen molar-refractivity contribution in [1.29, 1.82) is 0 Å². The van der Waals surface area contributed by atoms with Gasteiger partial charge in [-0.15, -0.1) is 22.7 Å². The molecule has 8 aromatic rings. The summed E-state index contributed by atoms with van der Waals surface area (Å²) in [6, 6.07) is 43.5. The number of anilines is 4. The van der Waals surface area contributed by atoms with Crippen LogP contribution in [-0.2, 0) is 42.7 Å². The summed E-state index contributed by atoms with van der Waals surface area (Å²) in [5.74, 6) is 0. The number of nitrogens with two attached hydrogens (primary N) is 1. The number of nitrogens with one attached hydrogen (secondary N) is 6. The molecule has 6 aromatic carbocycles. The van der Waals surface area contributed by atoms with Crippen LogP contribution in [0.2, 0.25) is 0 Å². The number of hydrogen-bond donors (Lipinski definition) is 7. The molecule has 0 saturated carbocycles. The second-order valence-electron chi connectivity index (χ2n) is 21.8. The van der Waals surface area contributed by atoms with Gasteiger partial charge in [0.15, 0.2) is 5.11 Å². The molecule has 0 saturated heterocycles. The number of ether oxygens (including phenoxy) is 2. The summed E-state index contributed by atoms with van der Waals surface area (Å²) in [6.45, 7) is 18.7. The number of thiazole rings is 2. The van der Waals surface area contributed by atoms with E-state index in [2.05, 4.69) is 63.1 Å². The topological polar surface area (TPSA) is 257 Å². The van der Waals surface area contributed by atoms with E-state index in [9.17, 15) is 26.4 Å². The Bertz CT molecular complexity index is 3860. The van der Waals surface area contributed by atoms with Crippen LogP contribution in [0.25, 0.3) is 42.0 Å². The fourth-order valence-corrected chi connectivity index (χ4v) is 13.6. The number of nitrogen functional groups attached to an aromatic ring is 1. The maximum absolute atomic E-state index is 13.6. The van der Waals surface area contributed by atoms with Crippen molar-refractivity contribution in [3.8, 4) is 42.0 Å². The molecule has 2 heterocycles. The van der Waals surface area contributed by atoms with Crippen LogP contribution >= 0.6 is 47.1 Å². The summed E-state index contributed by atoms with van der Waals surface area (Å²) in [4.78, 5) is 39.0. The minimum absolute atomic E-state index is 0.0178. The Hall–Kier alpha value is -7.77. The highest BCUT2D eigenvalue weighted by molar-refractivity contribution is 7.90. The Balaban J connectivity index is 0.000000253. The molecule has 8 N–H and O–H groups in total. The lowest BCUT2D eigenvalue weighted by Gasteiger charge is -2.22. The Morgan fingerprint density at radius 1 is 0.593 bits per heavy atom. The van der Waals surface area contributed by atoms with Gasteiger partial charge in [0.05, 0.1) is 30.7 Å². The quantitative estimate of drug-likeness (QED) is 0.0254. The fraction of sp³-hybridized carbons (Fsp3) is 0.258. The first-order chi connectivity index (χ1) is 40.6. The molecule has 0 aliphatic carbocycles. The number of thiocarbonyl (C=S) groups is 2. The number of benzene rings is 6. The van der Waals surface area contributed by atoms with Crippen LogP contribution in [0.3, 0.4) is 0 Å². The van der Waals surface area contributed by atoms with Crippen molar-refractivity contribution in [2.75, 3.05) is 21.7 Å². The summed E-state index contributed by atoms with van der Waals surface area (Å²) >= 11 is 12.4. The highest BCUT2D eigenvalue weighted by Gasteiger charge is 2.29. The predicted octanol–water partition coefficient (Wildman–Crippen LogP) is 14.4. The fourth-order valence-electron chi connectivity index (χ4n) is 7.64. The van der Waals surface area contributed by atoms with Crippen LogP contribution in [0.4, 0.5) is 32.3 Å². The van der Waals surface area contributed by atoms with Gasteiger partial charge in [0.1, 0.15) is 23.2 Å². The van der Waals surface area contributed by atoms with Gasteiger partial charge in [-0.05, 0) is 178 Å². The number of hydrogen-bond acceptors (Lipinski definition) is 16. The van der Waals surface area contributed by atoms with Crippen LogP contribution in [0.5, 0.6) is 0 Å². The third-order valence-electron chi connectivity index (χ3n) is 11.2. The van der Waals surface area contributed by atoms with Crippen LogP contribution < -0.4 is 36.4 Å². The molecule has 0 radical (unpaired) electrons. The van der Waals surface area contributed by atoms with Gasteiger partial charge in [0, 0.05) is 74.5 Å². The number of aromatic nitrogens is 2. The van der Waals surface area contributed by atoms with Crippen LogP contribution in [0.15, 0.2) is 173 Å². The number of carbonyl (C=O) groups is 2. The van der Waals surface area contributed by atoms with E-state index < -0.39 is 43.3 Å². The largest absolute Gasteiger partial charge is 0.444 e. The third kappa shape index (κ3) is 21.6. The minimum atomic E-state index is -3.98. The first-order valence-corrected chi connectivity index (χ1v) is 32.3. The van der Waals surface area contributed by atoms with Gasteiger partial charge < -0.3 is 25.8 Å². The van der Waals surface area contributed by atoms with Crippen LogP contribution in [0.1, 0.15) is 80.4 Å². The maximum atomic E-state index is 13.6. The van der Waals surface area contributed by atoms with Gasteiger partial charge in [-0.2, -0.15) is 0 Å². The second kappa shape index (κ2) is 30.5. The van der Waals surface area contributed by atoms with Crippen molar-refractivity contribution in [2.45, 2.75) is 115 Å². The molecule has 8 rings (SSSR count). The molecule has 18 nitrogen and oxygen atoms in total. The van der Waals surface area contributed by atoms with E-state index in [1.165, 1.54) is 34.8 Å². The standard InChI is InChI=1S/C31H35N5O4S3.C27H28N4O4S2.C4H7NS/c1-20(2)33-29(41)34-23-13-11-22(12-14-23)28-32-18-26(42-28)25-16-15-24(17-27(25)43(38,39)36-31(3,4)5)35-30(37)40-19-21-9-7-6-8-10-21;1-27(2,3)31-37(33,34)24-15-21(30-26(32)35-17-18-7-5-4-6-8-18)13-14-22(24)23-16-29-25(36-23)19-9-11-20(28)12-10-19;1-4(2)5-3-6/h6-18,20,36H,19H2,1-5H3,(H,35,37)(H2,33,34,41);4-16,31H,17,28H2,1-3H3,(H,30,32);4H,1-2H3. The first kappa shape index (κ1) is 67.4. The second-order valence-corrected chi connectivity index (χ2v) is 27.8. The predicted molar refractivity (Wildman–Crippen MR) is 356 cm³/mol. The molecule has 0 unspecified atom stereocenters. The summed E-state index contributed by atoms with van der Waals surface area (Å²) in [5.41, 5.74) is 10.8. The number of carbonyl (C=O) groups excluding carboxylic acids is 2. The van der Waals surface area contributed by atoms with E-state index in [0.29, 0.717) is 43.4 Å². The number of nitrogens with zero attached hydrogens (tertiary/aromatic N) is 3. The van der Waals surface area contributed by atoms with Crippen molar-refractivity contribution in [3.05, 3.63) is 169 Å². The molecular weight excluding hydrogens is 1210 g/mol. The molecule has 2 amide bonds. The smallest absolute Gasteiger partial charge is 0.411 e. The Labute approximate surface area is 522 Å². The number of isothiocyanates is 1. The van der Waals surface area contributed by atoms with Gasteiger partial charge >= 0.3 is 12.2 Å². The van der Waals surface area contributed by atoms with Crippen molar-refractivity contribution >= 4 is 112 Å². The van der Waals surface area contributed by atoms with E-state index in [1.54, 1.807) is 90.3 Å². The highest BCUT2D eigenvalue weighted by Crippen LogP contribution is 2.39. The average molecular weight is 1280 g/mol. The lowest BCUT2D eigenvalue weighted by molar-refractivity contribution is 0.154. The summed E-state index contributed by atoms with van der Waals surface area (Å²) < 4.78 is 70.0. The van der Waals surface area contributed by atoms with Gasteiger partial charge in [0.2, 0.25) is 20.0 Å². The minimum Gasteiger partial charge on any atom is -0.444 e. The van der Waals surface area contributed by atoms with Gasteiger partial charge in [-0.25, -0.2) is 50.8 Å². The van der Waals surface area contributed by atoms with Crippen LogP contribution in [-0.4, -0.2) is 72.4 Å². The molecule has 86 heavy (non-hydrogen) atoms. The molecule has 0 spiro atoms. The van der Waals surface area contributed by atoms with Crippen molar-refractivity contribution < 1.29 is 35.9 Å². The van der Waals surface area contributed by atoms with E-state index >= 15 is 0 Å². The summed E-state index contributed by atoms with van der Waals surface area (Å²) in [7, 11) is -7.93. The van der Waals surface area contributed by atoms with Crippen LogP contribution in [0, 0.1) is 0 Å². The Morgan fingerprint density at radius 2 is 0.988 bits per heavy atom. The van der Waals surface area contributed by atoms with E-state index in [0.717, 1.165) is 38.0 Å². The molecule has 0 atom stereocenters. The molecule has 0 bridgehead atoms. The van der Waals surface area contributed by atoms with E-state index in [4.69, 9.17) is 27.4 Å². The zero-order valence-electron chi connectivity index (χ0n) is 49.2. The SMILES string of the molecule is CC(C)(C)NS(=O)(=O)c1cc(NC(=O)OCc2ccccc2)ccc1-c1cnc(-c2ccc(N)cc2)s1.CC(C)N=C=S.CC(C)NC(=S)Nc1ccc(-c2ncc(-c3ccc(NC(=O)OCc4ccccc4)cc3S(=O)(=O)NC(C)(C)C)s2)cc1. The molecule has 0 aliphatic heterocycles. The van der Waals surface area contributed by atoms with Gasteiger partial charge in [-0.1, -0.05) is 72.8 Å². The Kier molecular flexibility index (Phi) is 23.9. The Morgan fingerprint density at radius 3 is 1.35 bits per heavy atom. The monoisotopic (exact) mass is 1270 g/mol. The maximum Gasteiger partial charge on any atom is 0.411 e. The van der Waals surface area contributed by atoms with Crippen molar-refractivity contribution in [2.24, 2.45) is 4.99 Å². The number of sulfonamides is 2. The van der Waals surface area contributed by atoms with E-state index in [-0.39, 0.29) is 34.7 Å². The third-order valence-corrected chi connectivity index (χ3v) is 17.2. The summed E-state index contributed by atoms with van der Waals surface area (Å²) in [5, 5.41) is 15.8. The number of rotatable bonds is 17. The molecule has 0 aliphatic rings. The van der Waals surface area contributed by atoms with E-state index in [1.807, 2.05) is 125 Å².